The Morgan fingerprint density at radius 2 is 1.62 bits per heavy atom. The molecule has 0 radical (unpaired) electrons. The number of aliphatic hydroxyl groups excluding tert-OH is 5. The summed E-state index contributed by atoms with van der Waals surface area (Å²) >= 11 is 0. The summed E-state index contributed by atoms with van der Waals surface area (Å²) in [6.45, 7) is 0.832. The van der Waals surface area contributed by atoms with Crippen molar-refractivity contribution in [2.75, 3.05) is 6.61 Å². The molecule has 2 aliphatic rings. The van der Waals surface area contributed by atoms with Gasteiger partial charge in [-0.25, -0.2) is 4.18 Å². The Morgan fingerprint density at radius 1 is 1.00 bits per heavy atom. The molecule has 13 heteroatoms. The summed E-state index contributed by atoms with van der Waals surface area (Å²) in [7, 11) is -4.90. The van der Waals surface area contributed by atoms with E-state index in [1.165, 1.54) is 6.92 Å². The van der Waals surface area contributed by atoms with Crippen LogP contribution in [0.1, 0.15) is 6.92 Å². The molecule has 2 rings (SSSR count). The van der Waals surface area contributed by atoms with Crippen LogP contribution in [0.25, 0.3) is 0 Å². The van der Waals surface area contributed by atoms with E-state index in [1.807, 2.05) is 0 Å². The van der Waals surface area contributed by atoms with Crippen molar-refractivity contribution in [1.29, 1.82) is 0 Å². The number of hydrogen-bond donors (Lipinski definition) is 6. The van der Waals surface area contributed by atoms with Crippen LogP contribution in [-0.4, -0.2) is 100 Å². The first kappa shape index (κ1) is 19.9. The predicted octanol–water partition coefficient (Wildman–Crippen LogP) is -3.90. The Kier molecular flexibility index (Phi) is 6.15. The summed E-state index contributed by atoms with van der Waals surface area (Å²) in [6.07, 6.45) is -13.9. The van der Waals surface area contributed by atoms with Gasteiger partial charge in [-0.05, 0) is 6.92 Å². The summed E-state index contributed by atoms with van der Waals surface area (Å²) in [4.78, 5) is 0. The Bertz CT molecular complexity index is 525. The normalized spacial score (nSPS) is 47.5. The van der Waals surface area contributed by atoms with E-state index in [0.29, 0.717) is 0 Å². The van der Waals surface area contributed by atoms with Gasteiger partial charge < -0.3 is 39.7 Å². The van der Waals surface area contributed by atoms with Crippen LogP contribution in [0, 0.1) is 0 Å². The number of rotatable bonds is 4. The summed E-state index contributed by atoms with van der Waals surface area (Å²) in [5, 5.41) is 48.9. The van der Waals surface area contributed by atoms with Crippen LogP contribution in [0.3, 0.4) is 0 Å². The minimum absolute atomic E-state index is 0.562. The van der Waals surface area contributed by atoms with Crippen molar-refractivity contribution in [2.24, 2.45) is 0 Å². The number of aliphatic hydroxyl groups is 5. The van der Waals surface area contributed by atoms with Gasteiger partial charge >= 0.3 is 10.4 Å². The second kappa shape index (κ2) is 7.43. The lowest BCUT2D eigenvalue weighted by Crippen LogP contribution is -2.62. The average Bonchev–Trinajstić information content (AvgIpc) is 2.48. The van der Waals surface area contributed by atoms with Gasteiger partial charge in [0.25, 0.3) is 0 Å². The molecule has 0 saturated carbocycles. The van der Waals surface area contributed by atoms with Crippen molar-refractivity contribution < 1.29 is 56.9 Å². The summed E-state index contributed by atoms with van der Waals surface area (Å²) in [6, 6.07) is 0. The highest BCUT2D eigenvalue weighted by molar-refractivity contribution is 7.80. The largest absolute Gasteiger partial charge is 0.397 e. The Hall–Kier alpha value is -0.450. The zero-order valence-electron chi connectivity index (χ0n) is 12.4. The van der Waals surface area contributed by atoms with E-state index < -0.39 is 72.3 Å². The van der Waals surface area contributed by atoms with Crippen LogP contribution in [0.4, 0.5) is 0 Å². The molecule has 24 heavy (non-hydrogen) atoms. The highest BCUT2D eigenvalue weighted by atomic mass is 32.3. The molecule has 0 aromatic carbocycles. The molecule has 2 aliphatic heterocycles. The third-order valence-electron chi connectivity index (χ3n) is 3.77. The van der Waals surface area contributed by atoms with E-state index in [0.717, 1.165) is 0 Å². The topological polar surface area (TPSA) is 192 Å². The maximum atomic E-state index is 10.7. The highest BCUT2D eigenvalue weighted by Gasteiger charge is 2.48. The molecule has 0 unspecified atom stereocenters. The number of ether oxygens (including phenoxy) is 3. The maximum absolute atomic E-state index is 10.7. The number of hydrogen-bond acceptors (Lipinski definition) is 11. The first-order valence-electron chi connectivity index (χ1n) is 7.00. The molecular weight excluding hydrogens is 356 g/mol. The van der Waals surface area contributed by atoms with Crippen molar-refractivity contribution in [3.63, 3.8) is 0 Å². The molecule has 9 atom stereocenters. The van der Waals surface area contributed by atoms with Gasteiger partial charge in [0, 0.05) is 0 Å². The van der Waals surface area contributed by atoms with Gasteiger partial charge in [-0.2, -0.15) is 8.42 Å². The van der Waals surface area contributed by atoms with Crippen molar-refractivity contribution in [3.05, 3.63) is 0 Å². The molecule has 2 saturated heterocycles. The van der Waals surface area contributed by atoms with E-state index in [-0.39, 0.29) is 0 Å². The first-order valence-corrected chi connectivity index (χ1v) is 8.36. The lowest BCUT2D eigenvalue weighted by atomic mass is 9.99. The zero-order valence-corrected chi connectivity index (χ0v) is 13.3. The fourth-order valence-corrected chi connectivity index (χ4v) is 2.92. The minimum atomic E-state index is -4.90. The summed E-state index contributed by atoms with van der Waals surface area (Å²) < 4.78 is 49.5. The zero-order chi connectivity index (χ0) is 18.2. The van der Waals surface area contributed by atoms with Gasteiger partial charge in [-0.3, -0.25) is 4.55 Å². The van der Waals surface area contributed by atoms with Crippen LogP contribution in [-0.2, 0) is 28.8 Å². The Balaban J connectivity index is 2.08. The first-order chi connectivity index (χ1) is 11.0. The monoisotopic (exact) mass is 376 g/mol. The van der Waals surface area contributed by atoms with Gasteiger partial charge in [-0.1, -0.05) is 0 Å². The van der Waals surface area contributed by atoms with Gasteiger partial charge in [-0.15, -0.1) is 0 Å². The fourth-order valence-electron chi connectivity index (χ4n) is 2.44. The summed E-state index contributed by atoms with van der Waals surface area (Å²) in [5.74, 6) is 0. The van der Waals surface area contributed by atoms with Crippen LogP contribution in [0.5, 0.6) is 0 Å². The quantitative estimate of drug-likeness (QED) is 0.262. The Morgan fingerprint density at radius 3 is 2.21 bits per heavy atom. The molecule has 2 heterocycles. The van der Waals surface area contributed by atoms with Gasteiger partial charge in [0.15, 0.2) is 12.6 Å². The average molecular weight is 376 g/mol. The van der Waals surface area contributed by atoms with E-state index in [2.05, 4.69) is 4.18 Å². The smallest absolute Gasteiger partial charge is 0.388 e. The molecule has 0 aromatic heterocycles. The molecule has 0 amide bonds. The molecule has 0 aliphatic carbocycles. The molecule has 0 aromatic rings. The van der Waals surface area contributed by atoms with E-state index in [4.69, 9.17) is 18.8 Å². The second-order valence-corrected chi connectivity index (χ2v) is 6.61. The van der Waals surface area contributed by atoms with E-state index in [1.54, 1.807) is 0 Å². The molecular formula is C11H20O12S. The molecule has 0 spiro atoms. The maximum Gasteiger partial charge on any atom is 0.397 e. The van der Waals surface area contributed by atoms with Crippen LogP contribution >= 0.6 is 0 Å². The van der Waals surface area contributed by atoms with Crippen molar-refractivity contribution >= 4 is 10.4 Å². The molecule has 142 valence electrons. The van der Waals surface area contributed by atoms with E-state index >= 15 is 0 Å². The van der Waals surface area contributed by atoms with Gasteiger partial charge in [0.1, 0.15) is 36.6 Å². The SMILES string of the molecule is C[C@H]1O[C@@H](O[C@@H]2[C@@H](O)[C@H](OS(=O)(=O)O)CO[C@H]2O)[C@H](O)[C@@H](O)[C@@H]1O. The standard InChI is InChI=1S/C11H20O12S/c1-3-5(12)7(14)8(15)11(21-3)22-9-6(13)4(2-20-10(9)16)23-24(17,18)19/h3-16H,2H2,1H3,(H,17,18,19)/t3-,4-,5-,6+,7+,8-,9-,10-,11+/m1/s1. The summed E-state index contributed by atoms with van der Waals surface area (Å²) in [5.41, 5.74) is 0. The second-order valence-electron chi connectivity index (χ2n) is 5.56. The van der Waals surface area contributed by atoms with Crippen LogP contribution < -0.4 is 0 Å². The Labute approximate surface area is 137 Å². The molecule has 0 bridgehead atoms. The van der Waals surface area contributed by atoms with Crippen LogP contribution in [0.15, 0.2) is 0 Å². The molecule has 2 fully saturated rings. The fraction of sp³-hybridized carbons (Fsp3) is 1.00. The van der Waals surface area contributed by atoms with Crippen molar-refractivity contribution in [2.45, 2.75) is 62.2 Å². The minimum Gasteiger partial charge on any atom is -0.388 e. The van der Waals surface area contributed by atoms with Gasteiger partial charge in [0.2, 0.25) is 0 Å². The van der Waals surface area contributed by atoms with Gasteiger partial charge in [0.05, 0.1) is 12.7 Å². The third-order valence-corrected chi connectivity index (χ3v) is 4.27. The third kappa shape index (κ3) is 4.39. The van der Waals surface area contributed by atoms with Crippen LogP contribution in [0.2, 0.25) is 0 Å². The lowest BCUT2D eigenvalue weighted by Gasteiger charge is -2.43. The van der Waals surface area contributed by atoms with E-state index in [9.17, 15) is 34.0 Å². The highest BCUT2D eigenvalue weighted by Crippen LogP contribution is 2.27. The molecule has 6 N–H and O–H groups in total. The lowest BCUT2D eigenvalue weighted by molar-refractivity contribution is -0.347. The van der Waals surface area contributed by atoms with Crippen molar-refractivity contribution in [1.82, 2.24) is 0 Å². The predicted molar refractivity (Wildman–Crippen MR) is 71.6 cm³/mol. The van der Waals surface area contributed by atoms with Crippen molar-refractivity contribution in [3.8, 4) is 0 Å². The molecule has 12 nitrogen and oxygen atoms in total.